The second kappa shape index (κ2) is 9.09. The quantitative estimate of drug-likeness (QED) is 0.487. The second-order valence-corrected chi connectivity index (χ2v) is 9.08. The molecule has 4 nitrogen and oxygen atoms in total. The molecule has 1 aliphatic carbocycles. The summed E-state index contributed by atoms with van der Waals surface area (Å²) in [6, 6.07) is 19.8. The Kier molecular flexibility index (Phi) is 6.28. The van der Waals surface area contributed by atoms with Crippen molar-refractivity contribution in [2.75, 3.05) is 19.4 Å². The molecule has 0 radical (unpaired) electrons. The van der Waals surface area contributed by atoms with Crippen molar-refractivity contribution < 1.29 is 14.3 Å². The largest absolute Gasteiger partial charge is 0.493 e. The SMILES string of the molecule is COC1=CC2C(=O)N(CCCSc3ccccc3)C(C1=O)C(c1ccccc1)C2C. The first kappa shape index (κ1) is 20.7. The Morgan fingerprint density at radius 1 is 1.00 bits per heavy atom. The van der Waals surface area contributed by atoms with E-state index >= 15 is 0 Å². The van der Waals surface area contributed by atoms with Crippen LogP contribution in [0.4, 0.5) is 0 Å². The Hall–Kier alpha value is -2.53. The lowest BCUT2D eigenvalue weighted by Gasteiger charge is -2.45. The summed E-state index contributed by atoms with van der Waals surface area (Å²) in [5.74, 6) is 0.852. The third-order valence-corrected chi connectivity index (χ3v) is 7.28. The van der Waals surface area contributed by atoms with Crippen LogP contribution in [0.2, 0.25) is 0 Å². The highest BCUT2D eigenvalue weighted by Crippen LogP contribution is 2.45. The van der Waals surface area contributed by atoms with Gasteiger partial charge in [0.1, 0.15) is 6.04 Å². The third-order valence-electron chi connectivity index (χ3n) is 6.18. The van der Waals surface area contributed by atoms with Gasteiger partial charge < -0.3 is 9.64 Å². The fraction of sp³-hybridized carbons (Fsp3) is 0.360. The molecule has 2 bridgehead atoms. The van der Waals surface area contributed by atoms with Gasteiger partial charge in [0.05, 0.1) is 13.0 Å². The number of hydrogen-bond acceptors (Lipinski definition) is 4. The molecule has 1 fully saturated rings. The van der Waals surface area contributed by atoms with Crippen LogP contribution >= 0.6 is 11.8 Å². The number of carbonyl (C=O) groups excluding carboxylic acids is 2. The van der Waals surface area contributed by atoms with Crippen molar-refractivity contribution in [3.05, 3.63) is 78.1 Å². The first-order chi connectivity index (χ1) is 14.6. The van der Waals surface area contributed by atoms with Gasteiger partial charge in [0, 0.05) is 17.4 Å². The third kappa shape index (κ3) is 3.91. The summed E-state index contributed by atoms with van der Waals surface area (Å²) in [4.78, 5) is 29.8. The zero-order chi connectivity index (χ0) is 21.1. The highest BCUT2D eigenvalue weighted by Gasteiger charge is 2.52. The number of carbonyl (C=O) groups is 2. The number of piperidine rings is 1. The van der Waals surface area contributed by atoms with Crippen molar-refractivity contribution in [3.8, 4) is 0 Å². The Labute approximate surface area is 182 Å². The van der Waals surface area contributed by atoms with E-state index in [-0.39, 0.29) is 29.4 Å². The lowest BCUT2D eigenvalue weighted by molar-refractivity contribution is -0.147. The summed E-state index contributed by atoms with van der Waals surface area (Å²) < 4.78 is 5.41. The van der Waals surface area contributed by atoms with Crippen molar-refractivity contribution in [2.24, 2.45) is 11.8 Å². The number of benzene rings is 2. The first-order valence-corrected chi connectivity index (χ1v) is 11.4. The average Bonchev–Trinajstić information content (AvgIpc) is 2.95. The van der Waals surface area contributed by atoms with E-state index in [9.17, 15) is 9.59 Å². The van der Waals surface area contributed by atoms with E-state index in [0.717, 1.165) is 17.7 Å². The van der Waals surface area contributed by atoms with Crippen molar-refractivity contribution in [1.29, 1.82) is 0 Å². The van der Waals surface area contributed by atoms with Gasteiger partial charge in [-0.25, -0.2) is 0 Å². The standard InChI is InChI=1S/C25H27NO3S/c1-17-20-16-21(29-2)24(27)23(22(17)18-10-5-3-6-11-18)26(25(20)28)14-9-15-30-19-12-7-4-8-13-19/h3-8,10-13,16-17,20,22-23H,9,14-15H2,1-2H3. The van der Waals surface area contributed by atoms with Gasteiger partial charge in [-0.15, -0.1) is 11.8 Å². The molecule has 4 unspecified atom stereocenters. The summed E-state index contributed by atoms with van der Waals surface area (Å²) in [7, 11) is 1.52. The zero-order valence-electron chi connectivity index (χ0n) is 17.4. The normalized spacial score (nSPS) is 25.8. The number of thioether (sulfide) groups is 1. The highest BCUT2D eigenvalue weighted by atomic mass is 32.2. The molecule has 1 saturated heterocycles. The molecule has 0 aromatic heterocycles. The lowest BCUT2D eigenvalue weighted by atomic mass is 9.71. The van der Waals surface area contributed by atoms with Crippen LogP contribution in [0.25, 0.3) is 0 Å². The molecule has 2 aromatic carbocycles. The number of methoxy groups -OCH3 is 1. The molecule has 5 rings (SSSR count). The maximum atomic E-state index is 13.4. The Balaban J connectivity index is 1.57. The molecule has 2 aliphatic heterocycles. The molecule has 4 atom stereocenters. The van der Waals surface area contributed by atoms with Crippen LogP contribution in [0.15, 0.2) is 77.4 Å². The van der Waals surface area contributed by atoms with Gasteiger partial charge in [-0.1, -0.05) is 55.5 Å². The summed E-state index contributed by atoms with van der Waals surface area (Å²) in [5, 5.41) is 0. The summed E-state index contributed by atoms with van der Waals surface area (Å²) in [5.41, 5.74) is 1.11. The highest BCUT2D eigenvalue weighted by molar-refractivity contribution is 7.99. The van der Waals surface area contributed by atoms with Gasteiger partial charge in [-0.05, 0) is 41.9 Å². The molecule has 156 valence electrons. The maximum Gasteiger partial charge on any atom is 0.230 e. The van der Waals surface area contributed by atoms with Gasteiger partial charge in [0.15, 0.2) is 5.76 Å². The predicted octanol–water partition coefficient (Wildman–Crippen LogP) is 4.53. The topological polar surface area (TPSA) is 46.6 Å². The van der Waals surface area contributed by atoms with E-state index in [1.165, 1.54) is 12.0 Å². The monoisotopic (exact) mass is 421 g/mol. The van der Waals surface area contributed by atoms with E-state index in [1.807, 2.05) is 41.3 Å². The molecule has 3 aliphatic rings. The van der Waals surface area contributed by atoms with Gasteiger partial charge in [-0.2, -0.15) is 0 Å². The number of amides is 1. The van der Waals surface area contributed by atoms with Crippen LogP contribution in [0.5, 0.6) is 0 Å². The van der Waals surface area contributed by atoms with Gasteiger partial charge in [-0.3, -0.25) is 9.59 Å². The summed E-state index contributed by atoms with van der Waals surface area (Å²) in [6.45, 7) is 2.66. The number of Topliss-reactive ketones (excluding diaryl/α,β-unsaturated/α-hetero) is 1. The predicted molar refractivity (Wildman–Crippen MR) is 119 cm³/mol. The van der Waals surface area contributed by atoms with E-state index in [1.54, 1.807) is 17.8 Å². The van der Waals surface area contributed by atoms with Crippen LogP contribution < -0.4 is 0 Å². The molecule has 2 aromatic rings. The number of hydrogen-bond donors (Lipinski definition) is 0. The van der Waals surface area contributed by atoms with Crippen molar-refractivity contribution >= 4 is 23.5 Å². The Morgan fingerprint density at radius 2 is 1.67 bits per heavy atom. The molecule has 0 saturated carbocycles. The van der Waals surface area contributed by atoms with E-state index < -0.39 is 6.04 Å². The molecule has 1 amide bonds. The van der Waals surface area contributed by atoms with Crippen LogP contribution in [0, 0.1) is 11.8 Å². The van der Waals surface area contributed by atoms with Gasteiger partial charge in [0.25, 0.3) is 0 Å². The smallest absolute Gasteiger partial charge is 0.230 e. The lowest BCUT2D eigenvalue weighted by Crippen LogP contribution is -2.56. The Morgan fingerprint density at radius 3 is 2.33 bits per heavy atom. The molecular weight excluding hydrogens is 394 g/mol. The number of fused-ring (bicyclic) bond motifs is 3. The number of rotatable bonds is 7. The fourth-order valence-corrected chi connectivity index (χ4v) is 5.56. The number of nitrogens with zero attached hydrogens (tertiary/aromatic N) is 1. The number of ketones is 1. The molecular formula is C25H27NO3S. The molecule has 5 heteroatoms. The van der Waals surface area contributed by atoms with Gasteiger partial charge in [0.2, 0.25) is 11.7 Å². The number of ether oxygens (including phenoxy) is 1. The minimum atomic E-state index is -0.512. The van der Waals surface area contributed by atoms with Crippen molar-refractivity contribution in [3.63, 3.8) is 0 Å². The van der Waals surface area contributed by atoms with Gasteiger partial charge >= 0.3 is 0 Å². The molecule has 2 heterocycles. The van der Waals surface area contributed by atoms with E-state index in [4.69, 9.17) is 4.74 Å². The average molecular weight is 422 g/mol. The fourth-order valence-electron chi connectivity index (χ4n) is 4.70. The van der Waals surface area contributed by atoms with Crippen LogP contribution in [0.1, 0.15) is 24.8 Å². The maximum absolute atomic E-state index is 13.4. The van der Waals surface area contributed by atoms with E-state index in [0.29, 0.717) is 12.3 Å². The molecule has 0 spiro atoms. The van der Waals surface area contributed by atoms with Crippen LogP contribution in [-0.2, 0) is 14.3 Å². The minimum Gasteiger partial charge on any atom is -0.493 e. The zero-order valence-corrected chi connectivity index (χ0v) is 18.2. The summed E-state index contributed by atoms with van der Waals surface area (Å²) >= 11 is 1.78. The minimum absolute atomic E-state index is 0.0351. The molecule has 0 N–H and O–H groups in total. The van der Waals surface area contributed by atoms with Crippen LogP contribution in [-0.4, -0.2) is 42.0 Å². The first-order valence-electron chi connectivity index (χ1n) is 10.4. The summed E-state index contributed by atoms with van der Waals surface area (Å²) in [6.07, 6.45) is 2.59. The molecule has 30 heavy (non-hydrogen) atoms. The van der Waals surface area contributed by atoms with Crippen LogP contribution in [0.3, 0.4) is 0 Å². The van der Waals surface area contributed by atoms with Crippen molar-refractivity contribution in [1.82, 2.24) is 4.90 Å². The van der Waals surface area contributed by atoms with Crippen molar-refractivity contribution in [2.45, 2.75) is 30.2 Å². The van der Waals surface area contributed by atoms with E-state index in [2.05, 4.69) is 31.2 Å². The second-order valence-electron chi connectivity index (χ2n) is 7.91. The Bertz CT molecular complexity index is 928.